The number of hydrogen-bond acceptors (Lipinski definition) is 10. The fraction of sp³-hybridized carbons (Fsp3) is 0.688. The zero-order valence-corrected chi connectivity index (χ0v) is 76.7. The summed E-state index contributed by atoms with van der Waals surface area (Å²) in [5.74, 6) is 3.72. The van der Waals surface area contributed by atoms with Crippen molar-refractivity contribution in [3.63, 3.8) is 0 Å². The van der Waals surface area contributed by atoms with Crippen molar-refractivity contribution in [2.45, 2.75) is 447 Å². The van der Waals surface area contributed by atoms with Crippen molar-refractivity contribution < 1.29 is 64.9 Å². The molecule has 8 fully saturated rings. The van der Waals surface area contributed by atoms with Crippen LogP contribution in [-0.2, 0) is 50.6 Å². The minimum atomic E-state index is -4.29. The van der Waals surface area contributed by atoms with Gasteiger partial charge >= 0.3 is 0 Å². The molecule has 13 rings (SSSR count). The van der Waals surface area contributed by atoms with Crippen molar-refractivity contribution in [3.8, 4) is 0 Å². The van der Waals surface area contributed by atoms with Crippen molar-refractivity contribution in [2.75, 3.05) is 0 Å². The SMILES string of the molecule is CC(C)c1cc(C(C)C)c(S(=O)(=O)O)c(C(C)C)c1.CC(C)c1cc(C2CCCCC2)c(S(=O)(=O)O)c(C2CCCCC2)c1.CC(C)c1cccc(C(C)C)c1S(=O)(=O)O.O=S(=O)(O)c1c(C2CCCCC2)c(C2CCCCC2)cc(C2CCCCC2)c1C1CCCCC1.O=S(=O)(O)c1cc(C2CCCCC2)ccc1C1CCCCC1. The molecule has 20 heteroatoms. The molecule has 0 unspecified atom stereocenters. The lowest BCUT2D eigenvalue weighted by molar-refractivity contribution is 0.393. The normalized spacial score (nSPS) is 19.8. The van der Waals surface area contributed by atoms with E-state index in [1.807, 2.05) is 79.7 Å². The zero-order valence-electron chi connectivity index (χ0n) is 72.6. The van der Waals surface area contributed by atoms with E-state index in [4.69, 9.17) is 0 Å². The highest BCUT2D eigenvalue weighted by atomic mass is 32.2. The Kier molecular flexibility index (Phi) is 35.5. The molecule has 0 atom stereocenters. The molecule has 5 N–H and O–H groups in total. The lowest BCUT2D eigenvalue weighted by Gasteiger charge is -2.37. The van der Waals surface area contributed by atoms with Crippen LogP contribution >= 0.6 is 0 Å². The van der Waals surface area contributed by atoms with Crippen molar-refractivity contribution >= 4 is 50.6 Å². The molecule has 5 aromatic rings. The summed E-state index contributed by atoms with van der Waals surface area (Å²) < 4.78 is 171. The Morgan fingerprint density at radius 2 is 0.491 bits per heavy atom. The molecule has 5 aromatic carbocycles. The monoisotopic (exact) mass is 1700 g/mol. The summed E-state index contributed by atoms with van der Waals surface area (Å²) in [6, 6.07) is 21.7. The van der Waals surface area contributed by atoms with Gasteiger partial charge in [-0.25, -0.2) is 0 Å². The molecule has 8 aliphatic rings. The van der Waals surface area contributed by atoms with Gasteiger partial charge in [-0.05, 0) is 270 Å². The van der Waals surface area contributed by atoms with Crippen molar-refractivity contribution in [2.24, 2.45) is 0 Å². The Labute approximate surface area is 702 Å². The van der Waals surface area contributed by atoms with Crippen LogP contribution in [0.1, 0.15) is 501 Å². The van der Waals surface area contributed by atoms with E-state index < -0.39 is 50.6 Å². The van der Waals surface area contributed by atoms with Gasteiger partial charge in [0.2, 0.25) is 0 Å². The summed E-state index contributed by atoms with van der Waals surface area (Å²) in [6.07, 6.45) is 46.7. The van der Waals surface area contributed by atoms with Crippen LogP contribution in [0.5, 0.6) is 0 Å². The van der Waals surface area contributed by atoms with E-state index in [-0.39, 0.29) is 61.0 Å². The number of benzene rings is 5. The summed E-state index contributed by atoms with van der Waals surface area (Å²) in [5, 5.41) is 0. The molecule has 0 heterocycles. The van der Waals surface area contributed by atoms with Gasteiger partial charge in [0.05, 0.1) is 4.90 Å². The minimum absolute atomic E-state index is 0.0492. The second-order valence-electron chi connectivity index (χ2n) is 37.8. The Balaban J connectivity index is 0.000000170. The summed E-state index contributed by atoms with van der Waals surface area (Å²) in [4.78, 5) is 1.02. The maximum Gasteiger partial charge on any atom is 0.295 e. The van der Waals surface area contributed by atoms with Crippen LogP contribution in [-0.4, -0.2) is 64.9 Å². The molecule has 8 aliphatic carbocycles. The van der Waals surface area contributed by atoms with Gasteiger partial charge in [-0.2, -0.15) is 42.1 Å². The van der Waals surface area contributed by atoms with Crippen LogP contribution in [0.2, 0.25) is 0 Å². The molecule has 15 nitrogen and oxygen atoms in total. The Morgan fingerprint density at radius 1 is 0.233 bits per heavy atom. The predicted molar refractivity (Wildman–Crippen MR) is 472 cm³/mol. The van der Waals surface area contributed by atoms with Gasteiger partial charge < -0.3 is 0 Å². The number of hydrogen-bond donors (Lipinski definition) is 5. The van der Waals surface area contributed by atoms with E-state index in [0.717, 1.165) is 155 Å². The van der Waals surface area contributed by atoms with Crippen LogP contribution < -0.4 is 0 Å². The topological polar surface area (TPSA) is 272 Å². The summed E-state index contributed by atoms with van der Waals surface area (Å²) in [7, 11) is -21.0. The lowest BCUT2D eigenvalue weighted by Crippen LogP contribution is -2.23. The molecular weight excluding hydrogens is 1550 g/mol. The highest BCUT2D eigenvalue weighted by molar-refractivity contribution is 7.87. The fourth-order valence-corrected chi connectivity index (χ4v) is 26.5. The quantitative estimate of drug-likeness (QED) is 0.0481. The van der Waals surface area contributed by atoms with Gasteiger partial charge in [0.25, 0.3) is 50.6 Å². The van der Waals surface area contributed by atoms with Gasteiger partial charge in [-0.15, -0.1) is 0 Å². The fourth-order valence-electron chi connectivity index (χ4n) is 21.1. The Hall–Kier alpha value is -4.35. The summed E-state index contributed by atoms with van der Waals surface area (Å²) >= 11 is 0. The van der Waals surface area contributed by atoms with Crippen molar-refractivity contribution in [1.29, 1.82) is 0 Å². The largest absolute Gasteiger partial charge is 0.295 e. The smallest absolute Gasteiger partial charge is 0.282 e. The Morgan fingerprint density at radius 3 is 0.767 bits per heavy atom. The maximum atomic E-state index is 13.4. The van der Waals surface area contributed by atoms with Gasteiger partial charge in [-0.3, -0.25) is 22.8 Å². The highest BCUT2D eigenvalue weighted by Crippen LogP contribution is 2.53. The molecule has 0 saturated heterocycles. The Bertz CT molecular complexity index is 4450. The molecule has 0 spiro atoms. The molecule has 0 aromatic heterocycles. The van der Waals surface area contributed by atoms with E-state index >= 15 is 0 Å². The van der Waals surface area contributed by atoms with Gasteiger partial charge in [0.15, 0.2) is 0 Å². The van der Waals surface area contributed by atoms with E-state index in [2.05, 4.69) is 52.0 Å². The third-order valence-electron chi connectivity index (χ3n) is 27.3. The number of rotatable bonds is 19. The first kappa shape index (κ1) is 95.5. The van der Waals surface area contributed by atoms with Crippen LogP contribution in [0, 0.1) is 0 Å². The van der Waals surface area contributed by atoms with Crippen LogP contribution in [0.4, 0.5) is 0 Å². The zero-order chi connectivity index (χ0) is 84.6. The van der Waals surface area contributed by atoms with Gasteiger partial charge in [0, 0.05) is 0 Å². The first-order valence-electron chi connectivity index (χ1n) is 45.5. The predicted octanol–water partition coefficient (Wildman–Crippen LogP) is 27.8. The molecule has 0 amide bonds. The molecular formula is C96H146O15S5. The standard InChI is InChI=1S/C30H46O3S.C21H32O3S.C18H26O3S.C15H24O3S.C12H18O3S/c31-34(32,33)30-28(24-17-9-3-10-18-24)26(22-13-5-1-6-14-22)21-27(23-15-7-2-8-16-23)29(30)25-19-11-4-12-20-25;1-15(2)18-13-19(16-9-5-3-6-10-16)21(25(22,23)24)20(14-18)17-11-7-4-8-12-17;19-22(20,21)18-13-16(14-7-3-1-4-8-14)11-12-17(18)15-9-5-2-6-10-15;1-9(2)12-7-13(10(3)4)15(19(16,17)18)14(8-12)11(5)6;1-8(2)10-6-5-7-11(9(3)4)12(10)16(13,14)15/h21-25H,1-20H2,(H,31,32,33);13-17H,3-12H2,1-2H3,(H,22,23,24);11-15H,1-10H2,(H,19,20,21);7-11H,1-6H3,(H,16,17,18);5-9H,1-4H3,(H,13,14,15). The van der Waals surface area contributed by atoms with Crippen LogP contribution in [0.15, 0.2) is 91.2 Å². The average Bonchev–Trinajstić information content (AvgIpc) is 0.735. The van der Waals surface area contributed by atoms with Crippen LogP contribution in [0.3, 0.4) is 0 Å². The summed E-state index contributed by atoms with van der Waals surface area (Å²) in [5.41, 5.74) is 13.6. The second-order valence-corrected chi connectivity index (χ2v) is 44.6. The van der Waals surface area contributed by atoms with Crippen LogP contribution in [0.25, 0.3) is 0 Å². The first-order valence-corrected chi connectivity index (χ1v) is 52.7. The molecule has 0 bridgehead atoms. The first-order chi connectivity index (χ1) is 54.8. The molecule has 0 radical (unpaired) electrons. The van der Waals surface area contributed by atoms with E-state index in [9.17, 15) is 64.9 Å². The minimum Gasteiger partial charge on any atom is -0.282 e. The second kappa shape index (κ2) is 43.1. The van der Waals surface area contributed by atoms with E-state index in [1.165, 1.54) is 158 Å². The average molecular weight is 1700 g/mol. The third kappa shape index (κ3) is 25.6. The third-order valence-corrected chi connectivity index (χ3v) is 32.2. The van der Waals surface area contributed by atoms with Gasteiger partial charge in [-0.1, -0.05) is 298 Å². The van der Waals surface area contributed by atoms with E-state index in [1.54, 1.807) is 18.2 Å². The molecule has 650 valence electrons. The molecule has 8 saturated carbocycles. The molecule has 116 heavy (non-hydrogen) atoms. The lowest BCUT2D eigenvalue weighted by atomic mass is 9.70. The van der Waals surface area contributed by atoms with Crippen molar-refractivity contribution in [1.82, 2.24) is 0 Å². The van der Waals surface area contributed by atoms with Crippen molar-refractivity contribution in [3.05, 3.63) is 145 Å². The van der Waals surface area contributed by atoms with E-state index in [0.29, 0.717) is 68.6 Å². The maximum absolute atomic E-state index is 13.4. The van der Waals surface area contributed by atoms with Gasteiger partial charge in [0.1, 0.15) is 19.6 Å². The highest BCUT2D eigenvalue weighted by Gasteiger charge is 2.40. The molecule has 0 aliphatic heterocycles. The summed E-state index contributed by atoms with van der Waals surface area (Å²) in [6.45, 7) is 23.9.